The SMILES string of the molecule is COc1cccc(C2C(C(=O)Nc3ccc4cc[nH]c4c3)CC(=O)N2C)c1. The minimum absolute atomic E-state index is 0.0391. The number of hydrogen-bond acceptors (Lipinski definition) is 3. The van der Waals surface area contributed by atoms with E-state index in [1.807, 2.05) is 54.7 Å². The molecule has 138 valence electrons. The molecule has 6 heteroatoms. The van der Waals surface area contributed by atoms with Gasteiger partial charge >= 0.3 is 0 Å². The van der Waals surface area contributed by atoms with Crippen molar-refractivity contribution in [2.75, 3.05) is 19.5 Å². The van der Waals surface area contributed by atoms with Crippen LogP contribution in [0.1, 0.15) is 18.0 Å². The Bertz CT molecular complexity index is 1010. The monoisotopic (exact) mass is 363 g/mol. The molecule has 0 saturated carbocycles. The van der Waals surface area contributed by atoms with Crippen molar-refractivity contribution in [2.45, 2.75) is 12.5 Å². The van der Waals surface area contributed by atoms with Crippen LogP contribution in [0, 0.1) is 5.92 Å². The van der Waals surface area contributed by atoms with Gasteiger partial charge in [0.25, 0.3) is 0 Å². The number of carbonyl (C=O) groups is 2. The van der Waals surface area contributed by atoms with Crippen LogP contribution < -0.4 is 10.1 Å². The number of aromatic nitrogens is 1. The number of H-pyrrole nitrogens is 1. The third-order valence-electron chi connectivity index (χ3n) is 5.18. The summed E-state index contributed by atoms with van der Waals surface area (Å²) in [6.07, 6.45) is 2.05. The Morgan fingerprint density at radius 2 is 2.07 bits per heavy atom. The van der Waals surface area contributed by atoms with Gasteiger partial charge in [-0.1, -0.05) is 18.2 Å². The molecule has 1 aromatic heterocycles. The fraction of sp³-hybridized carbons (Fsp3) is 0.238. The van der Waals surface area contributed by atoms with E-state index in [0.717, 1.165) is 16.5 Å². The van der Waals surface area contributed by atoms with Crippen LogP contribution in [-0.4, -0.2) is 35.9 Å². The highest BCUT2D eigenvalue weighted by Gasteiger charge is 2.42. The van der Waals surface area contributed by atoms with Gasteiger partial charge in [0.05, 0.1) is 19.1 Å². The molecular weight excluding hydrogens is 342 g/mol. The summed E-state index contributed by atoms with van der Waals surface area (Å²) in [6.45, 7) is 0. The third-order valence-corrected chi connectivity index (χ3v) is 5.18. The Kier molecular flexibility index (Phi) is 4.32. The second-order valence-corrected chi connectivity index (χ2v) is 6.81. The van der Waals surface area contributed by atoms with Gasteiger partial charge in [-0.2, -0.15) is 0 Å². The van der Waals surface area contributed by atoms with Gasteiger partial charge in [-0.25, -0.2) is 0 Å². The number of aromatic amines is 1. The smallest absolute Gasteiger partial charge is 0.230 e. The molecule has 2 heterocycles. The number of benzene rings is 2. The number of ether oxygens (including phenoxy) is 1. The lowest BCUT2D eigenvalue weighted by Gasteiger charge is -2.25. The minimum atomic E-state index is -0.464. The van der Waals surface area contributed by atoms with Gasteiger partial charge in [0.1, 0.15) is 5.75 Å². The van der Waals surface area contributed by atoms with Crippen LogP contribution in [0.5, 0.6) is 5.75 Å². The number of carbonyl (C=O) groups excluding carboxylic acids is 2. The van der Waals surface area contributed by atoms with Crippen molar-refractivity contribution in [1.82, 2.24) is 9.88 Å². The lowest BCUT2D eigenvalue weighted by molar-refractivity contribution is -0.127. The maximum absolute atomic E-state index is 13.0. The average molecular weight is 363 g/mol. The number of nitrogens with zero attached hydrogens (tertiary/aromatic N) is 1. The van der Waals surface area contributed by atoms with E-state index in [0.29, 0.717) is 11.4 Å². The summed E-state index contributed by atoms with van der Waals surface area (Å²) in [7, 11) is 3.34. The molecular formula is C21H21N3O3. The third kappa shape index (κ3) is 3.14. The Morgan fingerprint density at radius 3 is 2.89 bits per heavy atom. The summed E-state index contributed by atoms with van der Waals surface area (Å²) < 4.78 is 5.29. The Labute approximate surface area is 157 Å². The van der Waals surface area contributed by atoms with E-state index in [1.54, 1.807) is 19.1 Å². The first-order chi connectivity index (χ1) is 13.1. The summed E-state index contributed by atoms with van der Waals surface area (Å²) in [6, 6.07) is 14.9. The summed E-state index contributed by atoms with van der Waals surface area (Å²) in [5.41, 5.74) is 2.56. The molecule has 1 fully saturated rings. The van der Waals surface area contributed by atoms with E-state index in [-0.39, 0.29) is 24.3 Å². The molecule has 4 rings (SSSR count). The average Bonchev–Trinajstić information content (AvgIpc) is 3.26. The van der Waals surface area contributed by atoms with Gasteiger partial charge in [-0.3, -0.25) is 9.59 Å². The molecule has 2 atom stereocenters. The van der Waals surface area contributed by atoms with Gasteiger partial charge in [0.2, 0.25) is 11.8 Å². The van der Waals surface area contributed by atoms with Crippen LogP contribution in [0.4, 0.5) is 5.69 Å². The quantitative estimate of drug-likeness (QED) is 0.747. The van der Waals surface area contributed by atoms with Crippen LogP contribution in [0.15, 0.2) is 54.7 Å². The van der Waals surface area contributed by atoms with E-state index in [4.69, 9.17) is 4.74 Å². The number of likely N-dealkylation sites (tertiary alicyclic amines) is 1. The maximum Gasteiger partial charge on any atom is 0.230 e. The molecule has 6 nitrogen and oxygen atoms in total. The van der Waals surface area contributed by atoms with E-state index in [2.05, 4.69) is 10.3 Å². The second-order valence-electron chi connectivity index (χ2n) is 6.81. The van der Waals surface area contributed by atoms with E-state index in [9.17, 15) is 9.59 Å². The molecule has 3 aromatic rings. The maximum atomic E-state index is 13.0. The molecule has 0 radical (unpaired) electrons. The summed E-state index contributed by atoms with van der Waals surface area (Å²) >= 11 is 0. The highest BCUT2D eigenvalue weighted by atomic mass is 16.5. The number of hydrogen-bond donors (Lipinski definition) is 2. The molecule has 0 bridgehead atoms. The largest absolute Gasteiger partial charge is 0.497 e. The summed E-state index contributed by atoms with van der Waals surface area (Å²) in [4.78, 5) is 30.1. The summed E-state index contributed by atoms with van der Waals surface area (Å²) in [5.74, 6) is 0.0414. The molecule has 1 aliphatic rings. The zero-order chi connectivity index (χ0) is 19.0. The molecule has 2 unspecified atom stereocenters. The molecule has 1 saturated heterocycles. The molecule has 0 spiro atoms. The van der Waals surface area contributed by atoms with Crippen LogP contribution in [-0.2, 0) is 9.59 Å². The fourth-order valence-electron chi connectivity index (χ4n) is 3.75. The lowest BCUT2D eigenvalue weighted by atomic mass is 9.92. The highest BCUT2D eigenvalue weighted by Crippen LogP contribution is 2.38. The van der Waals surface area contributed by atoms with Gasteiger partial charge in [-0.05, 0) is 41.3 Å². The predicted octanol–water partition coefficient (Wildman–Crippen LogP) is 3.33. The molecule has 0 aliphatic carbocycles. The first-order valence-electron chi connectivity index (χ1n) is 8.84. The Hall–Kier alpha value is -3.28. The molecule has 2 amide bonds. The van der Waals surface area contributed by atoms with E-state index >= 15 is 0 Å². The first-order valence-corrected chi connectivity index (χ1v) is 8.84. The zero-order valence-corrected chi connectivity index (χ0v) is 15.2. The first kappa shape index (κ1) is 17.1. The zero-order valence-electron chi connectivity index (χ0n) is 15.2. The Balaban J connectivity index is 1.61. The highest BCUT2D eigenvalue weighted by molar-refractivity contribution is 5.99. The minimum Gasteiger partial charge on any atom is -0.497 e. The van der Waals surface area contributed by atoms with E-state index < -0.39 is 5.92 Å². The van der Waals surface area contributed by atoms with Crippen molar-refractivity contribution >= 4 is 28.4 Å². The van der Waals surface area contributed by atoms with Gasteiger partial charge in [-0.15, -0.1) is 0 Å². The van der Waals surface area contributed by atoms with Crippen molar-refractivity contribution in [3.05, 3.63) is 60.3 Å². The fourth-order valence-corrected chi connectivity index (χ4v) is 3.75. The number of anilines is 1. The number of rotatable bonds is 4. The van der Waals surface area contributed by atoms with Crippen molar-refractivity contribution in [2.24, 2.45) is 5.92 Å². The molecule has 2 N–H and O–H groups in total. The number of amides is 2. The van der Waals surface area contributed by atoms with Gasteiger partial charge < -0.3 is 19.9 Å². The lowest BCUT2D eigenvalue weighted by Crippen LogP contribution is -2.30. The van der Waals surface area contributed by atoms with Crippen molar-refractivity contribution < 1.29 is 14.3 Å². The molecule has 2 aromatic carbocycles. The van der Waals surface area contributed by atoms with Crippen LogP contribution in [0.25, 0.3) is 10.9 Å². The number of methoxy groups -OCH3 is 1. The topological polar surface area (TPSA) is 74.4 Å². The molecule has 1 aliphatic heterocycles. The number of fused-ring (bicyclic) bond motifs is 1. The second kappa shape index (κ2) is 6.79. The van der Waals surface area contributed by atoms with E-state index in [1.165, 1.54) is 0 Å². The number of nitrogens with one attached hydrogen (secondary N) is 2. The van der Waals surface area contributed by atoms with Gasteiger partial charge in [0.15, 0.2) is 0 Å². The normalized spacial score (nSPS) is 19.5. The molecule has 27 heavy (non-hydrogen) atoms. The summed E-state index contributed by atoms with van der Waals surface area (Å²) in [5, 5.41) is 4.05. The van der Waals surface area contributed by atoms with Crippen molar-refractivity contribution in [3.63, 3.8) is 0 Å². The van der Waals surface area contributed by atoms with Crippen LogP contribution in [0.2, 0.25) is 0 Å². The standard InChI is InChI=1S/C21H21N3O3/c1-24-19(25)12-17(20(24)14-4-3-5-16(10-14)27-2)21(26)23-15-7-6-13-8-9-22-18(13)11-15/h3-11,17,20,22H,12H2,1-2H3,(H,23,26). The van der Waals surface area contributed by atoms with Crippen molar-refractivity contribution in [1.29, 1.82) is 0 Å². The Morgan fingerprint density at radius 1 is 1.22 bits per heavy atom. The van der Waals surface area contributed by atoms with Crippen molar-refractivity contribution in [3.8, 4) is 5.75 Å². The van der Waals surface area contributed by atoms with Crippen LogP contribution >= 0.6 is 0 Å². The van der Waals surface area contributed by atoms with Crippen LogP contribution in [0.3, 0.4) is 0 Å². The predicted molar refractivity (Wildman–Crippen MR) is 104 cm³/mol. The van der Waals surface area contributed by atoms with Gasteiger partial charge in [0, 0.05) is 30.9 Å².